The van der Waals surface area contributed by atoms with E-state index in [1.54, 1.807) is 25.1 Å². The van der Waals surface area contributed by atoms with Crippen molar-refractivity contribution >= 4 is 11.7 Å². The maximum absolute atomic E-state index is 12.1. The molecule has 0 radical (unpaired) electrons. The molecule has 2 atom stereocenters. The minimum absolute atomic E-state index is 0.0580. The van der Waals surface area contributed by atoms with Gasteiger partial charge in [-0.25, -0.2) is 4.98 Å². The zero-order chi connectivity index (χ0) is 15.7. The van der Waals surface area contributed by atoms with Crippen molar-refractivity contribution in [3.8, 4) is 0 Å². The highest BCUT2D eigenvalue weighted by Gasteiger charge is 2.32. The van der Waals surface area contributed by atoms with Crippen LogP contribution in [0.5, 0.6) is 0 Å². The molecular formula is C16H24N4O2. The SMILES string of the molecule is CN(C)C(=O)c1cccc(N2C[C@@H]3COC[C@H](C2)N(C)C3)n1. The Morgan fingerprint density at radius 1 is 1.27 bits per heavy atom. The highest BCUT2D eigenvalue weighted by molar-refractivity contribution is 5.92. The Labute approximate surface area is 131 Å². The first kappa shape index (κ1) is 15.2. The largest absolute Gasteiger partial charge is 0.379 e. The minimum Gasteiger partial charge on any atom is -0.379 e. The molecule has 0 unspecified atom stereocenters. The van der Waals surface area contributed by atoms with Crippen LogP contribution in [0.4, 0.5) is 5.82 Å². The van der Waals surface area contributed by atoms with E-state index < -0.39 is 0 Å². The van der Waals surface area contributed by atoms with Crippen LogP contribution in [0.25, 0.3) is 0 Å². The van der Waals surface area contributed by atoms with Gasteiger partial charge in [0.1, 0.15) is 11.5 Å². The summed E-state index contributed by atoms with van der Waals surface area (Å²) in [5.74, 6) is 1.31. The topological polar surface area (TPSA) is 48.9 Å². The van der Waals surface area contributed by atoms with Crippen molar-refractivity contribution in [1.29, 1.82) is 0 Å². The lowest BCUT2D eigenvalue weighted by Gasteiger charge is -2.30. The van der Waals surface area contributed by atoms with Gasteiger partial charge in [-0.2, -0.15) is 0 Å². The standard InChI is InChI=1S/C16H24N4O2/c1-18(2)16(21)14-5-4-6-15(17-14)20-8-12-7-19(3)13(9-20)11-22-10-12/h4-6,12-13H,7-11H2,1-3H3/t12-,13+/m1/s1. The van der Waals surface area contributed by atoms with Gasteiger partial charge >= 0.3 is 0 Å². The molecule has 0 spiro atoms. The van der Waals surface area contributed by atoms with E-state index in [1.807, 2.05) is 12.1 Å². The fourth-order valence-corrected chi connectivity index (χ4v) is 3.18. The molecule has 120 valence electrons. The monoisotopic (exact) mass is 304 g/mol. The molecule has 22 heavy (non-hydrogen) atoms. The van der Waals surface area contributed by atoms with Crippen LogP contribution in [0.1, 0.15) is 10.5 Å². The molecule has 1 aromatic rings. The van der Waals surface area contributed by atoms with Gasteiger partial charge in [0.15, 0.2) is 0 Å². The number of anilines is 1. The van der Waals surface area contributed by atoms with Crippen molar-refractivity contribution in [3.63, 3.8) is 0 Å². The van der Waals surface area contributed by atoms with Crippen LogP contribution in [0.15, 0.2) is 18.2 Å². The summed E-state index contributed by atoms with van der Waals surface area (Å²) in [6.45, 7) is 4.43. The molecule has 0 N–H and O–H groups in total. The Morgan fingerprint density at radius 2 is 2.09 bits per heavy atom. The third-order valence-electron chi connectivity index (χ3n) is 4.43. The molecule has 1 aromatic heterocycles. The van der Waals surface area contributed by atoms with Crippen LogP contribution in [0, 0.1) is 5.92 Å². The van der Waals surface area contributed by atoms with Crippen LogP contribution in [-0.2, 0) is 4.74 Å². The number of carbonyl (C=O) groups is 1. The normalized spacial score (nSPS) is 25.7. The Kier molecular flexibility index (Phi) is 4.31. The molecule has 6 heteroatoms. The van der Waals surface area contributed by atoms with E-state index in [0.717, 1.165) is 38.7 Å². The van der Waals surface area contributed by atoms with Crippen molar-refractivity contribution in [2.45, 2.75) is 6.04 Å². The zero-order valence-corrected chi connectivity index (χ0v) is 13.5. The van der Waals surface area contributed by atoms with Crippen LogP contribution in [-0.4, -0.2) is 80.7 Å². The second-order valence-electron chi connectivity index (χ2n) is 6.48. The quantitative estimate of drug-likeness (QED) is 0.799. The lowest BCUT2D eigenvalue weighted by Crippen LogP contribution is -2.42. The summed E-state index contributed by atoms with van der Waals surface area (Å²) < 4.78 is 5.76. The van der Waals surface area contributed by atoms with Crippen LogP contribution in [0.3, 0.4) is 0 Å². The fourth-order valence-electron chi connectivity index (χ4n) is 3.18. The van der Waals surface area contributed by atoms with Gasteiger partial charge in [-0.1, -0.05) is 6.07 Å². The molecule has 2 bridgehead atoms. The zero-order valence-electron chi connectivity index (χ0n) is 13.5. The molecule has 2 aliphatic heterocycles. The molecule has 3 rings (SSSR count). The van der Waals surface area contributed by atoms with Gasteiger partial charge in [0, 0.05) is 39.6 Å². The van der Waals surface area contributed by atoms with E-state index in [4.69, 9.17) is 4.74 Å². The van der Waals surface area contributed by atoms with E-state index in [1.165, 1.54) is 0 Å². The van der Waals surface area contributed by atoms with E-state index >= 15 is 0 Å². The van der Waals surface area contributed by atoms with Gasteiger partial charge in [-0.05, 0) is 19.2 Å². The lowest BCUT2D eigenvalue weighted by molar-refractivity contribution is 0.0821. The first-order valence-electron chi connectivity index (χ1n) is 7.76. The molecule has 0 aromatic carbocycles. The Bertz CT molecular complexity index is 549. The maximum atomic E-state index is 12.1. The smallest absolute Gasteiger partial charge is 0.272 e. The molecule has 3 heterocycles. The van der Waals surface area contributed by atoms with Gasteiger partial charge in [-0.15, -0.1) is 0 Å². The summed E-state index contributed by atoms with van der Waals surface area (Å²) in [5, 5.41) is 0. The van der Waals surface area contributed by atoms with Crippen LogP contribution >= 0.6 is 0 Å². The number of hydrogen-bond acceptors (Lipinski definition) is 5. The average molecular weight is 304 g/mol. The highest BCUT2D eigenvalue weighted by atomic mass is 16.5. The summed E-state index contributed by atoms with van der Waals surface area (Å²) in [5.41, 5.74) is 0.501. The van der Waals surface area contributed by atoms with Gasteiger partial charge in [0.05, 0.1) is 19.3 Å². The van der Waals surface area contributed by atoms with Crippen molar-refractivity contribution in [1.82, 2.24) is 14.8 Å². The third kappa shape index (κ3) is 3.08. The predicted molar refractivity (Wildman–Crippen MR) is 85.2 cm³/mol. The molecule has 1 amide bonds. The van der Waals surface area contributed by atoms with Gasteiger partial charge < -0.3 is 14.5 Å². The van der Waals surface area contributed by atoms with Crippen molar-refractivity contribution < 1.29 is 9.53 Å². The first-order chi connectivity index (χ1) is 10.5. The van der Waals surface area contributed by atoms with E-state index in [9.17, 15) is 4.79 Å². The molecule has 2 saturated heterocycles. The maximum Gasteiger partial charge on any atom is 0.272 e. The minimum atomic E-state index is -0.0580. The van der Waals surface area contributed by atoms with Crippen LogP contribution < -0.4 is 4.90 Å². The van der Waals surface area contributed by atoms with E-state index in [0.29, 0.717) is 17.7 Å². The number of amides is 1. The lowest BCUT2D eigenvalue weighted by atomic mass is 10.1. The molecule has 2 aliphatic rings. The van der Waals surface area contributed by atoms with Crippen LogP contribution in [0.2, 0.25) is 0 Å². The van der Waals surface area contributed by atoms with Gasteiger partial charge in [0.25, 0.3) is 5.91 Å². The van der Waals surface area contributed by atoms with Crippen molar-refractivity contribution in [2.24, 2.45) is 5.92 Å². The summed E-state index contributed by atoms with van der Waals surface area (Å²) in [6.07, 6.45) is 0. The highest BCUT2D eigenvalue weighted by Crippen LogP contribution is 2.22. The Hall–Kier alpha value is -1.66. The summed E-state index contributed by atoms with van der Waals surface area (Å²) in [7, 11) is 5.66. The van der Waals surface area contributed by atoms with E-state index in [2.05, 4.69) is 21.8 Å². The number of ether oxygens (including phenoxy) is 1. The number of likely N-dealkylation sites (N-methyl/N-ethyl adjacent to an activating group) is 1. The average Bonchev–Trinajstić information content (AvgIpc) is 2.75. The summed E-state index contributed by atoms with van der Waals surface area (Å²) >= 11 is 0. The number of pyridine rings is 1. The number of carbonyl (C=O) groups excluding carboxylic acids is 1. The predicted octanol–water partition coefficient (Wildman–Crippen LogP) is 0.550. The van der Waals surface area contributed by atoms with Gasteiger partial charge in [-0.3, -0.25) is 9.69 Å². The Morgan fingerprint density at radius 3 is 2.86 bits per heavy atom. The number of fused-ring (bicyclic) bond motifs is 3. The molecule has 6 nitrogen and oxygen atoms in total. The molecule has 0 saturated carbocycles. The summed E-state index contributed by atoms with van der Waals surface area (Å²) in [4.78, 5) is 22.9. The van der Waals surface area contributed by atoms with Crippen molar-refractivity contribution in [2.75, 3.05) is 58.9 Å². The van der Waals surface area contributed by atoms with E-state index in [-0.39, 0.29) is 5.91 Å². The molecular weight excluding hydrogens is 280 g/mol. The third-order valence-corrected chi connectivity index (χ3v) is 4.43. The number of hydrogen-bond donors (Lipinski definition) is 0. The fraction of sp³-hybridized carbons (Fsp3) is 0.625. The summed E-state index contributed by atoms with van der Waals surface area (Å²) in [6, 6.07) is 6.07. The van der Waals surface area contributed by atoms with Crippen molar-refractivity contribution in [3.05, 3.63) is 23.9 Å². The molecule has 2 fully saturated rings. The second kappa shape index (κ2) is 6.22. The second-order valence-corrected chi connectivity index (χ2v) is 6.48. The number of nitrogens with zero attached hydrogens (tertiary/aromatic N) is 4. The number of rotatable bonds is 2. The Balaban J connectivity index is 1.85. The number of aromatic nitrogens is 1. The molecule has 0 aliphatic carbocycles. The first-order valence-corrected chi connectivity index (χ1v) is 7.76. The van der Waals surface area contributed by atoms with Gasteiger partial charge in [0.2, 0.25) is 0 Å².